The van der Waals surface area contributed by atoms with E-state index in [0.717, 1.165) is 6.42 Å². The minimum absolute atomic E-state index is 0.303. The molecule has 2 heterocycles. The molecule has 1 saturated heterocycles. The Bertz CT molecular complexity index is 700. The summed E-state index contributed by atoms with van der Waals surface area (Å²) in [6.45, 7) is 5.43. The van der Waals surface area contributed by atoms with Gasteiger partial charge in [0.25, 0.3) is 0 Å². The van der Waals surface area contributed by atoms with Crippen LogP contribution in [-0.4, -0.2) is 37.5 Å². The number of halogens is 1. The quantitative estimate of drug-likeness (QED) is 0.886. The minimum Gasteiger partial charge on any atom is -0.388 e. The average molecular weight is 356 g/mol. The lowest BCUT2D eigenvalue weighted by atomic mass is 9.94. The summed E-state index contributed by atoms with van der Waals surface area (Å²) < 4.78 is 42.9. The minimum atomic E-state index is -3.69. The molecule has 3 atom stereocenters. The van der Waals surface area contributed by atoms with Crippen molar-refractivity contribution in [3.63, 3.8) is 0 Å². The van der Waals surface area contributed by atoms with E-state index in [4.69, 9.17) is 0 Å². The summed E-state index contributed by atoms with van der Waals surface area (Å²) in [5.74, 6) is 0.162. The molecule has 1 fully saturated rings. The maximum atomic E-state index is 13.6. The topological polar surface area (TPSA) is 60.9 Å². The molecule has 0 radical (unpaired) electrons. The number of hydrogen-bond donors (Lipinski definition) is 1. The predicted molar refractivity (Wildman–Crippen MR) is 91.4 cm³/mol. The standard InChI is InChI=1S/C17H25FN2O3S/c1-12-8-13(2)11-19(10-12)24(22,23)20-7-3-4-17(21)15-9-14(18)5-6-16(15)20/h5-6,9,12-13,17,21H,3-4,7-8,10-11H2,1-2H3. The van der Waals surface area contributed by atoms with E-state index in [2.05, 4.69) is 13.8 Å². The van der Waals surface area contributed by atoms with Crippen LogP contribution in [0.1, 0.15) is 44.8 Å². The van der Waals surface area contributed by atoms with Gasteiger partial charge in [0.2, 0.25) is 0 Å². The molecular weight excluding hydrogens is 331 g/mol. The zero-order valence-corrected chi connectivity index (χ0v) is 15.0. The fourth-order valence-corrected chi connectivity index (χ4v) is 5.84. The van der Waals surface area contributed by atoms with Crippen LogP contribution in [0.25, 0.3) is 0 Å². The molecule has 3 unspecified atom stereocenters. The van der Waals surface area contributed by atoms with Crippen LogP contribution in [0.5, 0.6) is 0 Å². The summed E-state index contributed by atoms with van der Waals surface area (Å²) in [4.78, 5) is 0. The van der Waals surface area contributed by atoms with Crippen LogP contribution in [0, 0.1) is 17.7 Å². The fourth-order valence-electron chi connectivity index (χ4n) is 3.90. The Morgan fingerprint density at radius 2 is 1.88 bits per heavy atom. The van der Waals surface area contributed by atoms with Gasteiger partial charge in [-0.2, -0.15) is 12.7 Å². The fraction of sp³-hybridized carbons (Fsp3) is 0.647. The first-order valence-corrected chi connectivity index (χ1v) is 9.94. The summed E-state index contributed by atoms with van der Waals surface area (Å²) in [5.41, 5.74) is 0.751. The van der Waals surface area contributed by atoms with E-state index in [1.807, 2.05) is 0 Å². The van der Waals surface area contributed by atoms with E-state index < -0.39 is 22.1 Å². The van der Waals surface area contributed by atoms with Gasteiger partial charge in [-0.3, -0.25) is 4.31 Å². The smallest absolute Gasteiger partial charge is 0.304 e. The molecule has 1 aromatic rings. The largest absolute Gasteiger partial charge is 0.388 e. The summed E-state index contributed by atoms with van der Waals surface area (Å²) >= 11 is 0. The van der Waals surface area contributed by atoms with Crippen LogP contribution < -0.4 is 4.31 Å². The number of nitrogens with zero attached hydrogens (tertiary/aromatic N) is 2. The van der Waals surface area contributed by atoms with Crippen molar-refractivity contribution < 1.29 is 17.9 Å². The molecule has 1 N–H and O–H groups in total. The third-order valence-corrected chi connectivity index (χ3v) is 6.78. The molecule has 0 bridgehead atoms. The Morgan fingerprint density at radius 3 is 2.54 bits per heavy atom. The number of rotatable bonds is 2. The van der Waals surface area contributed by atoms with Gasteiger partial charge < -0.3 is 5.11 Å². The Labute approximate surface area is 143 Å². The van der Waals surface area contributed by atoms with Crippen LogP contribution in [0.4, 0.5) is 10.1 Å². The molecular formula is C17H25FN2O3S. The molecule has 0 saturated carbocycles. The van der Waals surface area contributed by atoms with E-state index >= 15 is 0 Å². The highest BCUT2D eigenvalue weighted by Crippen LogP contribution is 2.36. The molecule has 7 heteroatoms. The predicted octanol–water partition coefficient (Wildman–Crippen LogP) is 2.68. The van der Waals surface area contributed by atoms with Gasteiger partial charge in [-0.25, -0.2) is 4.39 Å². The first-order valence-electron chi connectivity index (χ1n) is 8.54. The lowest BCUT2D eigenvalue weighted by Crippen LogP contribution is -2.50. The monoisotopic (exact) mass is 356 g/mol. The van der Waals surface area contributed by atoms with E-state index in [9.17, 15) is 17.9 Å². The second-order valence-corrected chi connectivity index (χ2v) is 9.06. The Hall–Kier alpha value is -1.18. The van der Waals surface area contributed by atoms with Crippen molar-refractivity contribution in [2.75, 3.05) is 23.9 Å². The van der Waals surface area contributed by atoms with Gasteiger partial charge in [0.15, 0.2) is 0 Å². The Balaban J connectivity index is 2.00. The molecule has 0 spiro atoms. The van der Waals surface area contributed by atoms with E-state index in [1.165, 1.54) is 26.8 Å². The second kappa shape index (κ2) is 6.61. The van der Waals surface area contributed by atoms with Gasteiger partial charge in [0, 0.05) is 25.2 Å². The van der Waals surface area contributed by atoms with E-state index in [0.29, 0.717) is 55.6 Å². The highest BCUT2D eigenvalue weighted by Gasteiger charge is 2.37. The number of aliphatic hydroxyl groups excluding tert-OH is 1. The maximum Gasteiger partial charge on any atom is 0.304 e. The number of anilines is 1. The highest BCUT2D eigenvalue weighted by atomic mass is 32.2. The highest BCUT2D eigenvalue weighted by molar-refractivity contribution is 7.90. The summed E-state index contributed by atoms with van der Waals surface area (Å²) in [7, 11) is -3.69. The SMILES string of the molecule is CC1CC(C)CN(S(=O)(=O)N2CCCC(O)c3cc(F)ccc32)C1. The molecule has 24 heavy (non-hydrogen) atoms. The number of hydrogen-bond acceptors (Lipinski definition) is 3. The van der Waals surface area contributed by atoms with Crippen molar-refractivity contribution in [2.45, 2.75) is 39.2 Å². The summed E-state index contributed by atoms with van der Waals surface area (Å²) in [6.07, 6.45) is 1.15. The van der Waals surface area contributed by atoms with Crippen LogP contribution in [0.2, 0.25) is 0 Å². The lowest BCUT2D eigenvalue weighted by Gasteiger charge is -2.38. The van der Waals surface area contributed by atoms with Crippen LogP contribution in [0.15, 0.2) is 18.2 Å². The third-order valence-electron chi connectivity index (χ3n) is 4.90. The van der Waals surface area contributed by atoms with Crippen molar-refractivity contribution in [3.05, 3.63) is 29.6 Å². The number of benzene rings is 1. The molecule has 134 valence electrons. The van der Waals surface area contributed by atoms with Crippen molar-refractivity contribution in [3.8, 4) is 0 Å². The molecule has 1 aromatic carbocycles. The van der Waals surface area contributed by atoms with Gasteiger partial charge in [-0.1, -0.05) is 13.8 Å². The zero-order valence-electron chi connectivity index (χ0n) is 14.2. The number of aliphatic hydroxyl groups is 1. The van der Waals surface area contributed by atoms with Crippen molar-refractivity contribution >= 4 is 15.9 Å². The Kier molecular flexibility index (Phi) is 4.86. The van der Waals surface area contributed by atoms with Crippen LogP contribution >= 0.6 is 0 Å². The van der Waals surface area contributed by atoms with Gasteiger partial charge >= 0.3 is 10.2 Å². The number of fused-ring (bicyclic) bond motifs is 1. The van der Waals surface area contributed by atoms with Crippen molar-refractivity contribution in [2.24, 2.45) is 11.8 Å². The van der Waals surface area contributed by atoms with Gasteiger partial charge in [0.1, 0.15) is 5.82 Å². The normalized spacial score (nSPS) is 29.2. The number of piperidine rings is 1. The van der Waals surface area contributed by atoms with E-state index in [-0.39, 0.29) is 0 Å². The maximum absolute atomic E-state index is 13.6. The van der Waals surface area contributed by atoms with Crippen LogP contribution in [0.3, 0.4) is 0 Å². The van der Waals surface area contributed by atoms with Gasteiger partial charge in [0.05, 0.1) is 11.8 Å². The lowest BCUT2D eigenvalue weighted by molar-refractivity contribution is 0.168. The molecule has 2 aliphatic rings. The van der Waals surface area contributed by atoms with Crippen LogP contribution in [-0.2, 0) is 10.2 Å². The molecule has 0 amide bonds. The molecule has 0 aliphatic carbocycles. The first kappa shape index (κ1) is 17.6. The van der Waals surface area contributed by atoms with Crippen molar-refractivity contribution in [1.82, 2.24) is 4.31 Å². The first-order chi connectivity index (χ1) is 11.3. The molecule has 0 aromatic heterocycles. The van der Waals surface area contributed by atoms with E-state index in [1.54, 1.807) is 0 Å². The third kappa shape index (κ3) is 3.30. The average Bonchev–Trinajstić information content (AvgIpc) is 2.66. The van der Waals surface area contributed by atoms with Gasteiger partial charge in [-0.15, -0.1) is 0 Å². The Morgan fingerprint density at radius 1 is 1.21 bits per heavy atom. The van der Waals surface area contributed by atoms with Gasteiger partial charge in [-0.05, 0) is 49.3 Å². The second-order valence-electron chi connectivity index (χ2n) is 7.20. The molecule has 2 aliphatic heterocycles. The van der Waals surface area contributed by atoms with Crippen molar-refractivity contribution in [1.29, 1.82) is 0 Å². The zero-order chi connectivity index (χ0) is 17.5. The summed E-state index contributed by atoms with van der Waals surface area (Å²) in [5, 5.41) is 10.2. The molecule has 5 nitrogen and oxygen atoms in total. The molecule has 3 rings (SSSR count). The summed E-state index contributed by atoms with van der Waals surface area (Å²) in [6, 6.07) is 3.96.